The number of nitrogens with two attached hydrogens (primary N) is 1. The molecule has 1 aromatic rings. The minimum atomic E-state index is -0.0804. The topological polar surface area (TPSA) is 68.0 Å². The van der Waals surface area contributed by atoms with Crippen molar-refractivity contribution in [1.29, 1.82) is 0 Å². The molecule has 1 amide bonds. The van der Waals surface area contributed by atoms with Gasteiger partial charge in [-0.1, -0.05) is 31.1 Å². The van der Waals surface area contributed by atoms with Gasteiger partial charge in [0.15, 0.2) is 0 Å². The minimum absolute atomic E-state index is 0.0804. The average molecular weight is 257 g/mol. The average Bonchev–Trinajstić information content (AvgIpc) is 2.39. The number of nitrogens with zero attached hydrogens (tertiary/aromatic N) is 1. The predicted octanol–water partition coefficient (Wildman–Crippen LogP) is 1.31. The minimum Gasteiger partial charge on any atom is -0.352 e. The third-order valence-corrected chi connectivity index (χ3v) is 3.40. The summed E-state index contributed by atoms with van der Waals surface area (Å²) in [5.41, 5.74) is 6.59. The van der Waals surface area contributed by atoms with Gasteiger partial charge < -0.3 is 11.1 Å². The second-order valence-electron chi connectivity index (χ2n) is 4.81. The SMILES string of the molecule is NCC#Cc1cncc(C(=O)NCCC2CCC2)c1. The Balaban J connectivity index is 1.86. The van der Waals surface area contributed by atoms with Gasteiger partial charge in [-0.2, -0.15) is 0 Å². The van der Waals surface area contributed by atoms with E-state index in [2.05, 4.69) is 22.1 Å². The van der Waals surface area contributed by atoms with E-state index in [1.54, 1.807) is 18.5 Å². The van der Waals surface area contributed by atoms with E-state index in [9.17, 15) is 4.79 Å². The molecule has 3 N–H and O–H groups in total. The van der Waals surface area contributed by atoms with Gasteiger partial charge in [0.05, 0.1) is 12.1 Å². The summed E-state index contributed by atoms with van der Waals surface area (Å²) < 4.78 is 0. The molecule has 4 heteroatoms. The van der Waals surface area contributed by atoms with Crippen LogP contribution in [-0.2, 0) is 0 Å². The highest BCUT2D eigenvalue weighted by atomic mass is 16.1. The smallest absolute Gasteiger partial charge is 0.252 e. The lowest BCUT2D eigenvalue weighted by Gasteiger charge is -2.25. The Hall–Kier alpha value is -1.86. The summed E-state index contributed by atoms with van der Waals surface area (Å²) in [5, 5.41) is 2.93. The molecular formula is C15H19N3O. The first kappa shape index (κ1) is 13.6. The Kier molecular flexibility index (Phi) is 4.93. The highest BCUT2D eigenvalue weighted by Gasteiger charge is 2.17. The number of amides is 1. The molecule has 1 fully saturated rings. The first-order valence-electron chi connectivity index (χ1n) is 6.72. The zero-order valence-corrected chi connectivity index (χ0v) is 11.0. The van der Waals surface area contributed by atoms with Gasteiger partial charge in [-0.15, -0.1) is 0 Å². The van der Waals surface area contributed by atoms with Gasteiger partial charge in [-0.3, -0.25) is 9.78 Å². The number of carbonyl (C=O) groups excluding carboxylic acids is 1. The molecule has 1 aromatic heterocycles. The Labute approximate surface area is 113 Å². The molecule has 0 unspecified atom stereocenters. The maximum atomic E-state index is 11.9. The van der Waals surface area contributed by atoms with Crippen LogP contribution in [0.1, 0.15) is 41.6 Å². The van der Waals surface area contributed by atoms with Crippen LogP contribution in [0.15, 0.2) is 18.5 Å². The van der Waals surface area contributed by atoms with Gasteiger partial charge in [-0.25, -0.2) is 0 Å². The molecule has 19 heavy (non-hydrogen) atoms. The molecule has 1 heterocycles. The molecule has 0 bridgehead atoms. The lowest BCUT2D eigenvalue weighted by molar-refractivity contribution is 0.0948. The van der Waals surface area contributed by atoms with E-state index in [4.69, 9.17) is 5.73 Å². The van der Waals surface area contributed by atoms with E-state index in [1.807, 2.05) is 0 Å². The van der Waals surface area contributed by atoms with Crippen molar-refractivity contribution in [2.24, 2.45) is 11.7 Å². The van der Waals surface area contributed by atoms with Crippen LogP contribution in [0, 0.1) is 17.8 Å². The van der Waals surface area contributed by atoms with Crippen molar-refractivity contribution in [1.82, 2.24) is 10.3 Å². The Morgan fingerprint density at radius 2 is 2.32 bits per heavy atom. The van der Waals surface area contributed by atoms with E-state index in [0.29, 0.717) is 12.1 Å². The molecule has 1 aliphatic carbocycles. The van der Waals surface area contributed by atoms with Gasteiger partial charge >= 0.3 is 0 Å². The number of rotatable bonds is 4. The fourth-order valence-electron chi connectivity index (χ4n) is 2.06. The van der Waals surface area contributed by atoms with E-state index >= 15 is 0 Å². The Morgan fingerprint density at radius 1 is 1.47 bits per heavy atom. The number of aromatic nitrogens is 1. The van der Waals surface area contributed by atoms with Crippen molar-refractivity contribution in [3.63, 3.8) is 0 Å². The van der Waals surface area contributed by atoms with Gasteiger partial charge in [0.1, 0.15) is 0 Å². The molecule has 0 aromatic carbocycles. The number of hydrogen-bond acceptors (Lipinski definition) is 3. The number of pyridine rings is 1. The lowest BCUT2D eigenvalue weighted by atomic mass is 9.83. The van der Waals surface area contributed by atoms with Crippen molar-refractivity contribution >= 4 is 5.91 Å². The summed E-state index contributed by atoms with van der Waals surface area (Å²) in [6, 6.07) is 1.74. The Bertz CT molecular complexity index is 498. The van der Waals surface area contributed by atoms with Gasteiger partial charge in [-0.05, 0) is 18.4 Å². The van der Waals surface area contributed by atoms with Crippen LogP contribution in [0.5, 0.6) is 0 Å². The highest BCUT2D eigenvalue weighted by Crippen LogP contribution is 2.28. The quantitative estimate of drug-likeness (QED) is 0.799. The second-order valence-corrected chi connectivity index (χ2v) is 4.81. The molecule has 4 nitrogen and oxygen atoms in total. The monoisotopic (exact) mass is 257 g/mol. The molecule has 0 saturated heterocycles. The van der Waals surface area contributed by atoms with Crippen LogP contribution in [0.2, 0.25) is 0 Å². The summed E-state index contributed by atoms with van der Waals surface area (Å²) in [4.78, 5) is 16.0. The van der Waals surface area contributed by atoms with Crippen molar-refractivity contribution < 1.29 is 4.79 Å². The van der Waals surface area contributed by atoms with E-state index in [-0.39, 0.29) is 5.91 Å². The summed E-state index contributed by atoms with van der Waals surface area (Å²) >= 11 is 0. The summed E-state index contributed by atoms with van der Waals surface area (Å²) in [7, 11) is 0. The van der Waals surface area contributed by atoms with Crippen LogP contribution in [0.3, 0.4) is 0 Å². The molecule has 1 aliphatic rings. The van der Waals surface area contributed by atoms with Crippen LogP contribution < -0.4 is 11.1 Å². The highest BCUT2D eigenvalue weighted by molar-refractivity contribution is 5.94. The van der Waals surface area contributed by atoms with Crippen molar-refractivity contribution in [3.05, 3.63) is 29.6 Å². The Morgan fingerprint density at radius 3 is 3.00 bits per heavy atom. The van der Waals surface area contributed by atoms with Gasteiger partial charge in [0.25, 0.3) is 5.91 Å². The molecule has 2 rings (SSSR count). The summed E-state index contributed by atoms with van der Waals surface area (Å²) in [6.45, 7) is 1.04. The van der Waals surface area contributed by atoms with Crippen molar-refractivity contribution in [2.45, 2.75) is 25.7 Å². The molecule has 100 valence electrons. The number of carbonyl (C=O) groups is 1. The zero-order valence-electron chi connectivity index (χ0n) is 11.0. The fourth-order valence-corrected chi connectivity index (χ4v) is 2.06. The first-order chi connectivity index (χ1) is 9.29. The van der Waals surface area contributed by atoms with Crippen LogP contribution >= 0.6 is 0 Å². The molecule has 1 saturated carbocycles. The first-order valence-corrected chi connectivity index (χ1v) is 6.72. The van der Waals surface area contributed by atoms with E-state index in [0.717, 1.165) is 24.4 Å². The second kappa shape index (κ2) is 6.91. The van der Waals surface area contributed by atoms with Gasteiger partial charge in [0, 0.05) is 24.5 Å². The maximum Gasteiger partial charge on any atom is 0.252 e. The predicted molar refractivity (Wildman–Crippen MR) is 74.5 cm³/mol. The van der Waals surface area contributed by atoms with E-state index in [1.165, 1.54) is 19.3 Å². The lowest BCUT2D eigenvalue weighted by Crippen LogP contribution is -2.27. The van der Waals surface area contributed by atoms with Crippen LogP contribution in [0.25, 0.3) is 0 Å². The largest absolute Gasteiger partial charge is 0.352 e. The normalized spacial score (nSPS) is 14.2. The zero-order chi connectivity index (χ0) is 13.5. The summed E-state index contributed by atoms with van der Waals surface area (Å²) in [6.07, 6.45) is 8.22. The van der Waals surface area contributed by atoms with Crippen molar-refractivity contribution in [2.75, 3.05) is 13.1 Å². The fraction of sp³-hybridized carbons (Fsp3) is 0.467. The summed E-state index contributed by atoms with van der Waals surface area (Å²) in [5.74, 6) is 6.35. The number of hydrogen-bond donors (Lipinski definition) is 2. The molecule has 0 radical (unpaired) electrons. The van der Waals surface area contributed by atoms with Crippen LogP contribution in [-0.4, -0.2) is 24.0 Å². The van der Waals surface area contributed by atoms with Gasteiger partial charge in [0.2, 0.25) is 0 Å². The van der Waals surface area contributed by atoms with Crippen molar-refractivity contribution in [3.8, 4) is 11.8 Å². The third kappa shape index (κ3) is 4.08. The molecule has 0 aliphatic heterocycles. The standard InChI is InChI=1S/C15H19N3O/c16-7-2-5-13-9-14(11-17-10-13)15(19)18-8-6-12-3-1-4-12/h9-12H,1,3-4,6-8,16H2,(H,18,19). The maximum absolute atomic E-state index is 11.9. The van der Waals surface area contributed by atoms with E-state index < -0.39 is 0 Å². The molecular weight excluding hydrogens is 238 g/mol. The molecule has 0 spiro atoms. The number of nitrogens with one attached hydrogen (secondary N) is 1. The molecule has 0 atom stereocenters. The van der Waals surface area contributed by atoms with Crippen LogP contribution in [0.4, 0.5) is 0 Å². The third-order valence-electron chi connectivity index (χ3n) is 3.40.